The van der Waals surface area contributed by atoms with Crippen LogP contribution in [0.4, 0.5) is 0 Å². The first-order chi connectivity index (χ1) is 11.9. The lowest BCUT2D eigenvalue weighted by Gasteiger charge is -2.11. The highest BCUT2D eigenvalue weighted by Crippen LogP contribution is 2.21. The molecular formula is C17H18N4O3S. The van der Waals surface area contributed by atoms with Crippen molar-refractivity contribution in [1.29, 1.82) is 0 Å². The van der Waals surface area contributed by atoms with Gasteiger partial charge < -0.3 is 5.11 Å². The summed E-state index contributed by atoms with van der Waals surface area (Å²) >= 11 is 0. The largest absolute Gasteiger partial charge is 0.392 e. The molecule has 1 heterocycles. The fourth-order valence-electron chi connectivity index (χ4n) is 2.62. The van der Waals surface area contributed by atoms with Crippen molar-refractivity contribution in [1.82, 2.24) is 14.8 Å². The third-order valence-electron chi connectivity index (χ3n) is 3.76. The fourth-order valence-corrected chi connectivity index (χ4v) is 3.18. The van der Waals surface area contributed by atoms with Crippen LogP contribution in [0.3, 0.4) is 0 Å². The molecule has 0 saturated heterocycles. The van der Waals surface area contributed by atoms with E-state index >= 15 is 0 Å². The lowest BCUT2D eigenvalue weighted by atomic mass is 10.1. The molecule has 0 aliphatic rings. The number of aromatic nitrogens is 3. The summed E-state index contributed by atoms with van der Waals surface area (Å²) in [6.07, 6.45) is 0.559. The second-order valence-electron chi connectivity index (χ2n) is 5.64. The molecule has 1 aromatic heterocycles. The van der Waals surface area contributed by atoms with Gasteiger partial charge >= 0.3 is 0 Å². The summed E-state index contributed by atoms with van der Waals surface area (Å²) in [6.45, 7) is 1.44. The normalized spacial score (nSPS) is 11.6. The molecule has 3 rings (SSSR count). The Bertz CT molecular complexity index is 998. The summed E-state index contributed by atoms with van der Waals surface area (Å²) in [5.74, 6) is 1.28. The minimum Gasteiger partial charge on any atom is -0.392 e. The van der Waals surface area contributed by atoms with Crippen LogP contribution in [-0.4, -0.2) is 28.3 Å². The zero-order chi connectivity index (χ0) is 18.0. The van der Waals surface area contributed by atoms with E-state index in [0.29, 0.717) is 29.3 Å². The second-order valence-corrected chi connectivity index (χ2v) is 7.20. The summed E-state index contributed by atoms with van der Waals surface area (Å²) in [4.78, 5) is 4.40. The predicted molar refractivity (Wildman–Crippen MR) is 92.6 cm³/mol. The average Bonchev–Trinajstić information content (AvgIpc) is 2.94. The smallest absolute Gasteiger partial charge is 0.238 e. The summed E-state index contributed by atoms with van der Waals surface area (Å²) in [6, 6.07) is 14.1. The van der Waals surface area contributed by atoms with Gasteiger partial charge in [-0.15, -0.1) is 0 Å². The molecule has 0 aliphatic heterocycles. The third-order valence-corrected chi connectivity index (χ3v) is 4.67. The molecule has 0 amide bonds. The molecule has 0 unspecified atom stereocenters. The quantitative estimate of drug-likeness (QED) is 0.714. The Kier molecular flexibility index (Phi) is 4.67. The number of aliphatic hydroxyl groups is 1. The van der Waals surface area contributed by atoms with Crippen molar-refractivity contribution in [3.05, 3.63) is 71.3 Å². The van der Waals surface area contributed by atoms with Gasteiger partial charge in [0.25, 0.3) is 0 Å². The van der Waals surface area contributed by atoms with Crippen molar-refractivity contribution in [2.45, 2.75) is 24.8 Å². The number of rotatable bonds is 5. The monoisotopic (exact) mass is 358 g/mol. The van der Waals surface area contributed by atoms with Crippen molar-refractivity contribution in [3.63, 3.8) is 0 Å². The van der Waals surface area contributed by atoms with Crippen LogP contribution in [0.2, 0.25) is 0 Å². The van der Waals surface area contributed by atoms with E-state index in [-0.39, 0.29) is 11.5 Å². The third kappa shape index (κ3) is 3.76. The molecule has 7 nitrogen and oxygen atoms in total. The molecule has 0 spiro atoms. The molecule has 8 heteroatoms. The van der Waals surface area contributed by atoms with Crippen molar-refractivity contribution >= 4 is 10.0 Å². The SMILES string of the molecule is Cc1nc(Cc2ccccc2)n(-c2ccc(S(N)(=O)=O)cc2CO)n1. The summed E-state index contributed by atoms with van der Waals surface area (Å²) in [7, 11) is -3.84. The Hall–Kier alpha value is -2.55. The van der Waals surface area contributed by atoms with Gasteiger partial charge in [-0.3, -0.25) is 0 Å². The summed E-state index contributed by atoms with van der Waals surface area (Å²) in [5.41, 5.74) is 2.05. The fraction of sp³-hybridized carbons (Fsp3) is 0.176. The van der Waals surface area contributed by atoms with E-state index < -0.39 is 10.0 Å². The van der Waals surface area contributed by atoms with Crippen molar-refractivity contribution < 1.29 is 13.5 Å². The van der Waals surface area contributed by atoms with Crippen molar-refractivity contribution in [2.75, 3.05) is 0 Å². The van der Waals surface area contributed by atoms with Gasteiger partial charge in [0.15, 0.2) is 0 Å². The van der Waals surface area contributed by atoms with Crippen LogP contribution in [0.5, 0.6) is 0 Å². The molecule has 25 heavy (non-hydrogen) atoms. The summed E-state index contributed by atoms with van der Waals surface area (Å²) in [5, 5.41) is 19.2. The topological polar surface area (TPSA) is 111 Å². The number of nitrogens with two attached hydrogens (primary N) is 1. The highest BCUT2D eigenvalue weighted by atomic mass is 32.2. The van der Waals surface area contributed by atoms with Crippen LogP contribution in [0.1, 0.15) is 22.8 Å². The number of nitrogens with zero attached hydrogens (tertiary/aromatic N) is 3. The van der Waals surface area contributed by atoms with Crippen molar-refractivity contribution in [2.24, 2.45) is 5.14 Å². The first-order valence-electron chi connectivity index (χ1n) is 7.62. The first kappa shape index (κ1) is 17.3. The molecule has 3 aromatic rings. The predicted octanol–water partition coefficient (Wildman–Crippen LogP) is 1.31. The molecule has 0 radical (unpaired) electrons. The Morgan fingerprint density at radius 2 is 1.88 bits per heavy atom. The van der Waals surface area contributed by atoms with Crippen molar-refractivity contribution in [3.8, 4) is 5.69 Å². The Morgan fingerprint density at radius 3 is 2.52 bits per heavy atom. The minimum atomic E-state index is -3.84. The number of benzene rings is 2. The van der Waals surface area contributed by atoms with Gasteiger partial charge in [0.2, 0.25) is 10.0 Å². The minimum absolute atomic E-state index is 0.0539. The van der Waals surface area contributed by atoms with Gasteiger partial charge in [0.05, 0.1) is 17.2 Å². The number of aryl methyl sites for hydroxylation is 1. The molecule has 2 aromatic carbocycles. The maximum atomic E-state index is 11.5. The number of primary sulfonamides is 1. The Labute approximate surface area is 145 Å². The number of aliphatic hydroxyl groups excluding tert-OH is 1. The molecule has 0 atom stereocenters. The molecule has 3 N–H and O–H groups in total. The lowest BCUT2D eigenvalue weighted by Crippen LogP contribution is -2.14. The second kappa shape index (κ2) is 6.75. The van der Waals surface area contributed by atoms with Gasteiger partial charge in [-0.1, -0.05) is 30.3 Å². The highest BCUT2D eigenvalue weighted by molar-refractivity contribution is 7.89. The molecule has 0 aliphatic carbocycles. The molecule has 0 fully saturated rings. The maximum Gasteiger partial charge on any atom is 0.238 e. The van der Waals surface area contributed by atoms with Crippen LogP contribution >= 0.6 is 0 Å². The average molecular weight is 358 g/mol. The van der Waals surface area contributed by atoms with E-state index in [4.69, 9.17) is 5.14 Å². The molecule has 0 bridgehead atoms. The van der Waals surface area contributed by atoms with Crippen LogP contribution in [0.15, 0.2) is 53.4 Å². The van der Waals surface area contributed by atoms with E-state index in [1.165, 1.54) is 12.1 Å². The first-order valence-corrected chi connectivity index (χ1v) is 9.16. The molecular weight excluding hydrogens is 340 g/mol. The van der Waals surface area contributed by atoms with Crippen LogP contribution in [-0.2, 0) is 23.1 Å². The van der Waals surface area contributed by atoms with E-state index in [2.05, 4.69) is 10.1 Å². The molecule has 0 saturated carbocycles. The zero-order valence-corrected chi connectivity index (χ0v) is 14.4. The summed E-state index contributed by atoms with van der Waals surface area (Å²) < 4.78 is 24.7. The van der Waals surface area contributed by atoms with Gasteiger partial charge in [-0.2, -0.15) is 5.10 Å². The lowest BCUT2D eigenvalue weighted by molar-refractivity contribution is 0.281. The van der Waals surface area contributed by atoms with Gasteiger partial charge in [-0.25, -0.2) is 23.2 Å². The van der Waals surface area contributed by atoms with Gasteiger partial charge in [0.1, 0.15) is 11.6 Å². The van der Waals surface area contributed by atoms with E-state index in [1.54, 1.807) is 17.7 Å². The van der Waals surface area contributed by atoms with Crippen LogP contribution < -0.4 is 5.14 Å². The van der Waals surface area contributed by atoms with E-state index in [9.17, 15) is 13.5 Å². The van der Waals surface area contributed by atoms with E-state index in [0.717, 1.165) is 5.56 Å². The standard InChI is InChI=1S/C17H18N4O3S/c1-12-19-17(9-13-5-3-2-4-6-13)21(20-12)16-8-7-15(25(18,23)24)10-14(16)11-22/h2-8,10,22H,9,11H2,1H3,(H2,18,23,24). The van der Waals surface area contributed by atoms with Crippen LogP contribution in [0, 0.1) is 6.92 Å². The number of hydrogen-bond acceptors (Lipinski definition) is 5. The Morgan fingerprint density at radius 1 is 1.16 bits per heavy atom. The van der Waals surface area contributed by atoms with Gasteiger partial charge in [-0.05, 0) is 30.7 Å². The number of sulfonamides is 1. The van der Waals surface area contributed by atoms with E-state index in [1.807, 2.05) is 30.3 Å². The van der Waals surface area contributed by atoms with Crippen LogP contribution in [0.25, 0.3) is 5.69 Å². The molecule has 130 valence electrons. The maximum absolute atomic E-state index is 11.5. The van der Waals surface area contributed by atoms with Gasteiger partial charge in [0, 0.05) is 12.0 Å². The Balaban J connectivity index is 2.08. The highest BCUT2D eigenvalue weighted by Gasteiger charge is 2.16. The number of hydrogen-bond donors (Lipinski definition) is 2. The zero-order valence-electron chi connectivity index (χ0n) is 13.6.